The van der Waals surface area contributed by atoms with Gasteiger partial charge in [0.2, 0.25) is 0 Å². The van der Waals surface area contributed by atoms with Crippen LogP contribution in [-0.4, -0.2) is 27.2 Å². The highest BCUT2D eigenvalue weighted by atomic mass is 15.2. The van der Waals surface area contributed by atoms with E-state index in [4.69, 9.17) is 0 Å². The first kappa shape index (κ1) is 10.7. The predicted octanol–water partition coefficient (Wildman–Crippen LogP) is 1.99. The molecule has 90 valence electrons. The Kier molecular flexibility index (Phi) is 2.64. The van der Waals surface area contributed by atoms with Crippen molar-refractivity contribution < 1.29 is 0 Å². The molecule has 1 aromatic carbocycles. The molecule has 0 spiro atoms. The fourth-order valence-corrected chi connectivity index (χ4v) is 1.99. The number of hydrogen-bond donors (Lipinski definition) is 1. The molecule has 5 nitrogen and oxygen atoms in total. The molecule has 0 radical (unpaired) electrons. The zero-order chi connectivity index (χ0) is 12.4. The van der Waals surface area contributed by atoms with E-state index in [1.54, 1.807) is 12.5 Å². The summed E-state index contributed by atoms with van der Waals surface area (Å²) in [6.45, 7) is 0.804. The molecule has 18 heavy (non-hydrogen) atoms. The van der Waals surface area contributed by atoms with Crippen molar-refractivity contribution in [3.63, 3.8) is 0 Å². The zero-order valence-electron chi connectivity index (χ0n) is 10.0. The number of benzene rings is 1. The largest absolute Gasteiger partial charge is 0.355 e. The molecular weight excluding hydrogens is 226 g/mol. The highest BCUT2D eigenvalue weighted by Crippen LogP contribution is 2.21. The Labute approximate surface area is 104 Å². The van der Waals surface area contributed by atoms with Gasteiger partial charge in [-0.15, -0.1) is 0 Å². The fraction of sp³-hybridized carbons (Fsp3) is 0.154. The number of nitrogens with zero attached hydrogens (tertiary/aromatic N) is 4. The van der Waals surface area contributed by atoms with Gasteiger partial charge in [-0.05, 0) is 5.56 Å². The Bertz CT molecular complexity index is 647. The highest BCUT2D eigenvalue weighted by molar-refractivity contribution is 5.85. The topological polar surface area (TPSA) is 57.7 Å². The lowest BCUT2D eigenvalue weighted by Crippen LogP contribution is -2.17. The molecule has 0 bridgehead atoms. The minimum absolute atomic E-state index is 0.764. The number of hydrogen-bond acceptors (Lipinski definition) is 4. The van der Waals surface area contributed by atoms with Gasteiger partial charge in [0.1, 0.15) is 12.1 Å². The molecule has 0 unspecified atom stereocenters. The number of H-pyrrole nitrogens is 1. The minimum Gasteiger partial charge on any atom is -0.355 e. The van der Waals surface area contributed by atoms with Crippen LogP contribution in [0.2, 0.25) is 0 Å². The second-order valence-electron chi connectivity index (χ2n) is 4.17. The van der Waals surface area contributed by atoms with Gasteiger partial charge in [-0.3, -0.25) is 5.10 Å². The molecular formula is C13H13N5. The van der Waals surface area contributed by atoms with E-state index in [0.717, 1.165) is 23.4 Å². The monoisotopic (exact) mass is 239 g/mol. The number of fused-ring (bicyclic) bond motifs is 1. The van der Waals surface area contributed by atoms with Gasteiger partial charge in [0.15, 0.2) is 5.65 Å². The van der Waals surface area contributed by atoms with E-state index in [0.29, 0.717) is 0 Å². The lowest BCUT2D eigenvalue weighted by molar-refractivity contribution is 0.900. The Morgan fingerprint density at radius 3 is 2.83 bits per heavy atom. The Morgan fingerprint density at radius 2 is 2.00 bits per heavy atom. The first-order valence-electron chi connectivity index (χ1n) is 5.74. The van der Waals surface area contributed by atoms with Crippen LogP contribution in [0.25, 0.3) is 11.0 Å². The van der Waals surface area contributed by atoms with Crippen LogP contribution < -0.4 is 4.90 Å². The van der Waals surface area contributed by atoms with Gasteiger partial charge in [-0.25, -0.2) is 9.97 Å². The van der Waals surface area contributed by atoms with E-state index < -0.39 is 0 Å². The molecule has 2 aromatic heterocycles. The average Bonchev–Trinajstić information content (AvgIpc) is 2.87. The number of rotatable bonds is 3. The molecule has 0 saturated heterocycles. The number of anilines is 1. The third-order valence-electron chi connectivity index (χ3n) is 2.85. The lowest BCUT2D eigenvalue weighted by atomic mass is 10.2. The molecule has 0 fully saturated rings. The van der Waals surface area contributed by atoms with Gasteiger partial charge in [-0.1, -0.05) is 30.3 Å². The molecule has 1 N–H and O–H groups in total. The summed E-state index contributed by atoms with van der Waals surface area (Å²) in [4.78, 5) is 10.6. The summed E-state index contributed by atoms with van der Waals surface area (Å²) in [5, 5.41) is 7.79. The molecule has 0 atom stereocenters. The van der Waals surface area contributed by atoms with Gasteiger partial charge in [0, 0.05) is 13.6 Å². The van der Waals surface area contributed by atoms with Crippen LogP contribution in [-0.2, 0) is 6.54 Å². The maximum absolute atomic E-state index is 4.33. The first-order chi connectivity index (χ1) is 8.84. The molecule has 5 heteroatoms. The van der Waals surface area contributed by atoms with Crippen LogP contribution in [0, 0.1) is 0 Å². The van der Waals surface area contributed by atoms with Crippen LogP contribution in [0.15, 0.2) is 42.9 Å². The lowest BCUT2D eigenvalue weighted by Gasteiger charge is -2.18. The number of aromatic amines is 1. The normalized spacial score (nSPS) is 10.7. The van der Waals surface area contributed by atoms with E-state index in [9.17, 15) is 0 Å². The van der Waals surface area contributed by atoms with Crippen molar-refractivity contribution in [2.24, 2.45) is 0 Å². The zero-order valence-corrected chi connectivity index (χ0v) is 10.0. The molecule has 0 aliphatic rings. The summed E-state index contributed by atoms with van der Waals surface area (Å²) in [6.07, 6.45) is 3.31. The first-order valence-corrected chi connectivity index (χ1v) is 5.74. The third-order valence-corrected chi connectivity index (χ3v) is 2.85. The van der Waals surface area contributed by atoms with E-state index in [-0.39, 0.29) is 0 Å². The summed E-state index contributed by atoms with van der Waals surface area (Å²) >= 11 is 0. The van der Waals surface area contributed by atoms with Crippen LogP contribution >= 0.6 is 0 Å². The van der Waals surface area contributed by atoms with Crippen molar-refractivity contribution in [1.82, 2.24) is 20.2 Å². The third kappa shape index (κ3) is 1.90. The molecule has 2 heterocycles. The standard InChI is InChI=1S/C13H13N5/c1-18(8-10-5-3-2-4-6-10)13-11-7-16-17-12(11)14-9-15-13/h2-7,9H,8H2,1H3,(H,14,15,16,17). The van der Waals surface area contributed by atoms with Crippen molar-refractivity contribution >= 4 is 16.9 Å². The average molecular weight is 239 g/mol. The maximum Gasteiger partial charge on any atom is 0.160 e. The fourth-order valence-electron chi connectivity index (χ4n) is 1.99. The van der Waals surface area contributed by atoms with Gasteiger partial charge >= 0.3 is 0 Å². The highest BCUT2D eigenvalue weighted by Gasteiger charge is 2.09. The molecule has 3 rings (SSSR count). The van der Waals surface area contributed by atoms with E-state index in [1.165, 1.54) is 5.56 Å². The Hall–Kier alpha value is -2.43. The summed E-state index contributed by atoms with van der Waals surface area (Å²) in [7, 11) is 2.02. The summed E-state index contributed by atoms with van der Waals surface area (Å²) in [5.74, 6) is 0.887. The van der Waals surface area contributed by atoms with Gasteiger partial charge in [0.05, 0.1) is 11.6 Å². The van der Waals surface area contributed by atoms with Crippen molar-refractivity contribution in [3.05, 3.63) is 48.4 Å². The Morgan fingerprint density at radius 1 is 1.17 bits per heavy atom. The molecule has 0 aliphatic carbocycles. The van der Waals surface area contributed by atoms with Gasteiger partial charge in [0.25, 0.3) is 0 Å². The SMILES string of the molecule is CN(Cc1ccccc1)c1ncnc2[nH]ncc12. The van der Waals surface area contributed by atoms with Gasteiger partial charge in [-0.2, -0.15) is 5.10 Å². The van der Waals surface area contributed by atoms with E-state index in [1.807, 2.05) is 25.2 Å². The van der Waals surface area contributed by atoms with Crippen LogP contribution in [0.5, 0.6) is 0 Å². The van der Waals surface area contributed by atoms with Gasteiger partial charge < -0.3 is 4.90 Å². The molecule has 3 aromatic rings. The minimum atomic E-state index is 0.764. The van der Waals surface area contributed by atoms with E-state index in [2.05, 4.69) is 37.2 Å². The molecule has 0 saturated carbocycles. The van der Waals surface area contributed by atoms with E-state index >= 15 is 0 Å². The van der Waals surface area contributed by atoms with Crippen LogP contribution in [0.3, 0.4) is 0 Å². The molecule has 0 amide bonds. The van der Waals surface area contributed by atoms with Crippen LogP contribution in [0.1, 0.15) is 5.56 Å². The quantitative estimate of drug-likeness (QED) is 0.759. The van der Waals surface area contributed by atoms with Crippen molar-refractivity contribution in [3.8, 4) is 0 Å². The molecule has 0 aliphatic heterocycles. The Balaban J connectivity index is 1.92. The summed E-state index contributed by atoms with van der Waals surface area (Å²) in [6, 6.07) is 10.3. The predicted molar refractivity (Wildman–Crippen MR) is 70.2 cm³/mol. The van der Waals surface area contributed by atoms with Crippen molar-refractivity contribution in [2.45, 2.75) is 6.54 Å². The smallest absolute Gasteiger partial charge is 0.160 e. The van der Waals surface area contributed by atoms with Crippen molar-refractivity contribution in [1.29, 1.82) is 0 Å². The maximum atomic E-state index is 4.33. The number of aromatic nitrogens is 4. The second kappa shape index (κ2) is 4.44. The van der Waals surface area contributed by atoms with Crippen molar-refractivity contribution in [2.75, 3.05) is 11.9 Å². The number of nitrogens with one attached hydrogen (secondary N) is 1. The summed E-state index contributed by atoms with van der Waals surface area (Å²) < 4.78 is 0. The summed E-state index contributed by atoms with van der Waals surface area (Å²) in [5.41, 5.74) is 2.01. The van der Waals surface area contributed by atoms with Crippen LogP contribution in [0.4, 0.5) is 5.82 Å². The second-order valence-corrected chi connectivity index (χ2v) is 4.17.